The quantitative estimate of drug-likeness (QED) is 0.644. The second kappa shape index (κ2) is 6.06. The van der Waals surface area contributed by atoms with Crippen molar-refractivity contribution in [3.8, 4) is 0 Å². The van der Waals surface area contributed by atoms with Crippen LogP contribution in [0.25, 0.3) is 0 Å². The second-order valence-electron chi connectivity index (χ2n) is 6.64. The lowest BCUT2D eigenvalue weighted by molar-refractivity contribution is -0.389. The van der Waals surface area contributed by atoms with E-state index in [1.807, 2.05) is 0 Å². The van der Waals surface area contributed by atoms with Gasteiger partial charge in [-0.25, -0.2) is 0 Å². The summed E-state index contributed by atoms with van der Waals surface area (Å²) in [5, 5.41) is 17.5. The van der Waals surface area contributed by atoms with Gasteiger partial charge in [-0.3, -0.25) is 4.79 Å². The first kappa shape index (κ1) is 15.0. The number of aryl methyl sites for hydroxylation is 1. The number of nitrogens with one attached hydrogen (secondary N) is 1. The maximum absolute atomic E-state index is 12.0. The molecular formula is C15H22N4O3. The highest BCUT2D eigenvalue weighted by Crippen LogP contribution is 2.49. The van der Waals surface area contributed by atoms with Gasteiger partial charge in [0, 0.05) is 12.5 Å². The van der Waals surface area contributed by atoms with E-state index in [0.29, 0.717) is 18.9 Å². The summed E-state index contributed by atoms with van der Waals surface area (Å²) in [6, 6.07) is 1.56. The first-order valence-electron chi connectivity index (χ1n) is 8.00. The minimum absolute atomic E-state index is 0.00609. The molecule has 2 aliphatic rings. The molecule has 2 aliphatic carbocycles. The number of rotatable bonds is 6. The van der Waals surface area contributed by atoms with Crippen molar-refractivity contribution in [1.29, 1.82) is 0 Å². The molecule has 2 fully saturated rings. The van der Waals surface area contributed by atoms with Gasteiger partial charge in [0.2, 0.25) is 5.91 Å². The lowest BCUT2D eigenvalue weighted by Crippen LogP contribution is -2.40. The molecule has 0 aliphatic heterocycles. The van der Waals surface area contributed by atoms with Crippen molar-refractivity contribution in [2.24, 2.45) is 17.8 Å². The molecule has 7 heteroatoms. The molecule has 1 amide bonds. The van der Waals surface area contributed by atoms with E-state index in [1.54, 1.807) is 0 Å². The van der Waals surface area contributed by atoms with Crippen LogP contribution in [0, 0.1) is 27.9 Å². The molecule has 0 aromatic carbocycles. The van der Waals surface area contributed by atoms with E-state index in [1.165, 1.54) is 42.6 Å². The van der Waals surface area contributed by atoms with Crippen molar-refractivity contribution in [2.45, 2.75) is 51.6 Å². The Balaban J connectivity index is 1.45. The van der Waals surface area contributed by atoms with Crippen LogP contribution in [0.4, 0.5) is 5.82 Å². The Morgan fingerprint density at radius 1 is 1.55 bits per heavy atom. The third-order valence-electron chi connectivity index (χ3n) is 5.21. The number of hydrogen-bond acceptors (Lipinski definition) is 4. The van der Waals surface area contributed by atoms with E-state index in [-0.39, 0.29) is 17.8 Å². The van der Waals surface area contributed by atoms with Gasteiger partial charge < -0.3 is 15.4 Å². The van der Waals surface area contributed by atoms with Crippen LogP contribution >= 0.6 is 0 Å². The molecule has 22 heavy (non-hydrogen) atoms. The number of aromatic nitrogens is 2. The summed E-state index contributed by atoms with van der Waals surface area (Å²) < 4.78 is 1.44. The zero-order chi connectivity index (χ0) is 15.7. The third-order valence-corrected chi connectivity index (χ3v) is 5.21. The summed E-state index contributed by atoms with van der Waals surface area (Å²) in [7, 11) is 0. The molecule has 3 rings (SSSR count). The Kier molecular flexibility index (Phi) is 4.13. The van der Waals surface area contributed by atoms with E-state index in [9.17, 15) is 14.9 Å². The number of amides is 1. The summed E-state index contributed by atoms with van der Waals surface area (Å²) in [5.41, 5.74) is 0. The van der Waals surface area contributed by atoms with Gasteiger partial charge in [0.25, 0.3) is 0 Å². The van der Waals surface area contributed by atoms with Crippen molar-refractivity contribution in [2.75, 3.05) is 0 Å². The summed E-state index contributed by atoms with van der Waals surface area (Å²) in [6.07, 6.45) is 7.08. The molecule has 120 valence electrons. The highest BCUT2D eigenvalue weighted by molar-refractivity contribution is 5.76. The van der Waals surface area contributed by atoms with Crippen molar-refractivity contribution in [3.63, 3.8) is 0 Å². The highest BCUT2D eigenvalue weighted by Gasteiger charge is 2.42. The molecule has 0 radical (unpaired) electrons. The van der Waals surface area contributed by atoms with Gasteiger partial charge >= 0.3 is 5.82 Å². The molecular weight excluding hydrogens is 284 g/mol. The Bertz CT molecular complexity index is 571. The monoisotopic (exact) mass is 306 g/mol. The van der Waals surface area contributed by atoms with Crippen molar-refractivity contribution in [3.05, 3.63) is 22.4 Å². The van der Waals surface area contributed by atoms with E-state index in [2.05, 4.69) is 17.3 Å². The first-order valence-corrected chi connectivity index (χ1v) is 8.00. The van der Waals surface area contributed by atoms with Crippen LogP contribution in [0.15, 0.2) is 12.3 Å². The van der Waals surface area contributed by atoms with Crippen molar-refractivity contribution in [1.82, 2.24) is 15.1 Å². The number of nitrogens with zero attached hydrogens (tertiary/aromatic N) is 3. The molecule has 0 saturated heterocycles. The number of fused-ring (bicyclic) bond motifs is 2. The predicted octanol–water partition coefficient (Wildman–Crippen LogP) is 2.12. The number of hydrogen-bond donors (Lipinski definition) is 1. The van der Waals surface area contributed by atoms with Crippen molar-refractivity contribution >= 4 is 11.7 Å². The minimum Gasteiger partial charge on any atom is -0.358 e. The van der Waals surface area contributed by atoms with Gasteiger partial charge in [-0.05, 0) is 48.9 Å². The maximum Gasteiger partial charge on any atom is 0.389 e. The standard InChI is InChI=1S/C15H22N4O3/c1-10(13-9-11-2-3-12(13)8-11)16-15(20)5-7-18-6-4-14(17-18)19(21)22/h4,6,10-13H,2-3,5,7-9H2,1H3,(H,16,20)/t10-,11+,12+,13+/m1/s1. The third kappa shape index (κ3) is 3.13. The van der Waals surface area contributed by atoms with Gasteiger partial charge in [-0.2, -0.15) is 4.68 Å². The first-order chi connectivity index (χ1) is 10.5. The van der Waals surface area contributed by atoms with E-state index in [0.717, 1.165) is 11.8 Å². The molecule has 1 N–H and O–H groups in total. The lowest BCUT2D eigenvalue weighted by atomic mass is 9.84. The van der Waals surface area contributed by atoms with Crippen LogP contribution < -0.4 is 5.32 Å². The molecule has 1 aromatic heterocycles. The van der Waals surface area contributed by atoms with Crippen LogP contribution in [0.3, 0.4) is 0 Å². The topological polar surface area (TPSA) is 90.1 Å². The smallest absolute Gasteiger partial charge is 0.358 e. The molecule has 1 heterocycles. The molecule has 1 aromatic rings. The van der Waals surface area contributed by atoms with Crippen LogP contribution in [0.5, 0.6) is 0 Å². The highest BCUT2D eigenvalue weighted by atomic mass is 16.6. The van der Waals surface area contributed by atoms with Gasteiger partial charge in [0.1, 0.15) is 0 Å². The number of carbonyl (C=O) groups excluding carboxylic acids is 1. The van der Waals surface area contributed by atoms with Crippen molar-refractivity contribution < 1.29 is 9.72 Å². The molecule has 4 atom stereocenters. The molecule has 2 bridgehead atoms. The molecule has 2 saturated carbocycles. The Morgan fingerprint density at radius 2 is 2.36 bits per heavy atom. The van der Waals surface area contributed by atoms with E-state index in [4.69, 9.17) is 0 Å². The summed E-state index contributed by atoms with van der Waals surface area (Å²) in [6.45, 7) is 2.46. The fourth-order valence-corrected chi connectivity index (χ4v) is 4.13. The van der Waals surface area contributed by atoms with Crippen LogP contribution in [0.2, 0.25) is 0 Å². The SMILES string of the molecule is C[C@@H](NC(=O)CCn1ccc([N+](=O)[O-])n1)[C@@H]1C[C@H]2CC[C@H]1C2. The van der Waals surface area contributed by atoms with Crippen LogP contribution in [0.1, 0.15) is 39.0 Å². The van der Waals surface area contributed by atoms with Gasteiger partial charge in [0.15, 0.2) is 0 Å². The maximum atomic E-state index is 12.0. The average molecular weight is 306 g/mol. The Labute approximate surface area is 129 Å². The zero-order valence-electron chi connectivity index (χ0n) is 12.8. The Morgan fingerprint density at radius 3 is 2.95 bits per heavy atom. The molecule has 0 spiro atoms. The van der Waals surface area contributed by atoms with E-state index < -0.39 is 4.92 Å². The fraction of sp³-hybridized carbons (Fsp3) is 0.733. The van der Waals surface area contributed by atoms with Crippen LogP contribution in [-0.2, 0) is 11.3 Å². The van der Waals surface area contributed by atoms with Gasteiger partial charge in [-0.15, -0.1) is 0 Å². The summed E-state index contributed by atoms with van der Waals surface area (Å²) in [4.78, 5) is 22.1. The molecule has 0 unspecified atom stereocenters. The summed E-state index contributed by atoms with van der Waals surface area (Å²) in [5.74, 6) is 2.09. The number of carbonyl (C=O) groups is 1. The van der Waals surface area contributed by atoms with E-state index >= 15 is 0 Å². The fourth-order valence-electron chi connectivity index (χ4n) is 4.13. The lowest BCUT2D eigenvalue weighted by Gasteiger charge is -2.28. The normalized spacial score (nSPS) is 27.8. The largest absolute Gasteiger partial charge is 0.389 e. The van der Waals surface area contributed by atoms with Gasteiger partial charge in [-0.1, -0.05) is 6.42 Å². The average Bonchev–Trinajstić information content (AvgIpc) is 3.20. The van der Waals surface area contributed by atoms with Crippen LogP contribution in [-0.4, -0.2) is 26.7 Å². The van der Waals surface area contributed by atoms with Gasteiger partial charge in [0.05, 0.1) is 23.9 Å². The summed E-state index contributed by atoms with van der Waals surface area (Å²) >= 11 is 0. The Hall–Kier alpha value is -1.92. The minimum atomic E-state index is -0.534. The predicted molar refractivity (Wildman–Crippen MR) is 80.0 cm³/mol. The number of nitro groups is 1. The zero-order valence-corrected chi connectivity index (χ0v) is 12.8. The molecule has 7 nitrogen and oxygen atoms in total. The second-order valence-corrected chi connectivity index (χ2v) is 6.64.